The Morgan fingerprint density at radius 1 is 1.44 bits per heavy atom. The number of halogens is 3. The molecule has 0 saturated heterocycles. The van der Waals surface area contributed by atoms with Gasteiger partial charge in [0.05, 0.1) is 13.2 Å². The van der Waals surface area contributed by atoms with E-state index in [1.54, 1.807) is 11.4 Å². The molecule has 88 valence electrons. The lowest BCUT2D eigenvalue weighted by Crippen LogP contribution is -2.16. The van der Waals surface area contributed by atoms with Gasteiger partial charge in [-0.05, 0) is 11.4 Å². The molecule has 0 aliphatic heterocycles. The molecule has 1 aromatic heterocycles. The minimum Gasteiger partial charge on any atom is -0.366 e. The molecule has 2 nitrogen and oxygen atoms in total. The number of ether oxygens (including phenoxy) is 1. The molecule has 0 aliphatic rings. The van der Waals surface area contributed by atoms with Crippen LogP contribution in [0.1, 0.15) is 10.4 Å². The van der Waals surface area contributed by atoms with Crippen molar-refractivity contribution >= 4 is 11.3 Å². The molecule has 0 amide bonds. The maximum Gasteiger partial charge on any atom is 0.411 e. The van der Waals surface area contributed by atoms with Gasteiger partial charge in [-0.15, -0.1) is 11.3 Å². The molecule has 0 spiro atoms. The highest BCUT2D eigenvalue weighted by atomic mass is 32.1. The van der Waals surface area contributed by atoms with Crippen molar-refractivity contribution in [2.75, 3.05) is 13.2 Å². The van der Waals surface area contributed by atoms with Crippen molar-refractivity contribution in [3.05, 3.63) is 21.9 Å². The quantitative estimate of drug-likeness (QED) is 0.833. The lowest BCUT2D eigenvalue weighted by Gasteiger charge is -2.06. The second kappa shape index (κ2) is 5.89. The van der Waals surface area contributed by atoms with Crippen LogP contribution in [0.5, 0.6) is 0 Å². The summed E-state index contributed by atoms with van der Waals surface area (Å²) in [5.74, 6) is 5.42. The Kier molecular flexibility index (Phi) is 4.80. The summed E-state index contributed by atoms with van der Waals surface area (Å²) < 4.78 is 40.0. The van der Waals surface area contributed by atoms with Gasteiger partial charge in [0.25, 0.3) is 0 Å². The van der Waals surface area contributed by atoms with Gasteiger partial charge in [0, 0.05) is 10.4 Å². The predicted molar refractivity (Wildman–Crippen MR) is 56.0 cm³/mol. The Labute approximate surface area is 95.2 Å². The third kappa shape index (κ3) is 4.66. The van der Waals surface area contributed by atoms with Crippen LogP contribution in [0.15, 0.2) is 11.4 Å². The highest BCUT2D eigenvalue weighted by molar-refractivity contribution is 7.10. The van der Waals surface area contributed by atoms with Crippen LogP contribution in [-0.2, 0) is 11.3 Å². The van der Waals surface area contributed by atoms with Crippen molar-refractivity contribution in [1.29, 1.82) is 0 Å². The van der Waals surface area contributed by atoms with E-state index < -0.39 is 12.8 Å². The van der Waals surface area contributed by atoms with Crippen molar-refractivity contribution in [3.63, 3.8) is 0 Å². The van der Waals surface area contributed by atoms with E-state index in [1.807, 2.05) is 0 Å². The Balaban J connectivity index is 2.51. The van der Waals surface area contributed by atoms with Gasteiger partial charge in [-0.1, -0.05) is 11.8 Å². The predicted octanol–water partition coefficient (Wildman–Crippen LogP) is 2.14. The van der Waals surface area contributed by atoms with E-state index in [9.17, 15) is 13.2 Å². The molecule has 0 fully saturated rings. The Morgan fingerprint density at radius 3 is 2.81 bits per heavy atom. The zero-order valence-corrected chi connectivity index (χ0v) is 9.12. The maximum absolute atomic E-state index is 11.8. The molecule has 0 aromatic carbocycles. The summed E-state index contributed by atoms with van der Waals surface area (Å²) in [6.45, 7) is -1.10. The van der Waals surface area contributed by atoms with Crippen LogP contribution in [0.3, 0.4) is 0 Å². The van der Waals surface area contributed by atoms with Gasteiger partial charge >= 0.3 is 6.18 Å². The molecule has 0 radical (unpaired) electrons. The molecule has 1 aromatic rings. The van der Waals surface area contributed by atoms with Crippen molar-refractivity contribution in [2.45, 2.75) is 12.8 Å². The Morgan fingerprint density at radius 2 is 2.19 bits per heavy atom. The summed E-state index contributed by atoms with van der Waals surface area (Å²) in [7, 11) is 0. The zero-order valence-electron chi connectivity index (χ0n) is 8.30. The highest BCUT2D eigenvalue weighted by Crippen LogP contribution is 2.19. The van der Waals surface area contributed by atoms with Gasteiger partial charge in [-0.25, -0.2) is 0 Å². The molecule has 6 heteroatoms. The fourth-order valence-corrected chi connectivity index (χ4v) is 1.74. The molecule has 16 heavy (non-hydrogen) atoms. The SMILES string of the molecule is NCC#Cc1ccsc1COCC(F)(F)F. The second-order valence-electron chi connectivity index (χ2n) is 2.87. The summed E-state index contributed by atoms with van der Waals surface area (Å²) in [5.41, 5.74) is 5.88. The summed E-state index contributed by atoms with van der Waals surface area (Å²) in [5, 5.41) is 1.76. The lowest BCUT2D eigenvalue weighted by molar-refractivity contribution is -0.176. The first-order valence-corrected chi connectivity index (χ1v) is 5.30. The van der Waals surface area contributed by atoms with Gasteiger partial charge in [-0.3, -0.25) is 0 Å². The van der Waals surface area contributed by atoms with Crippen LogP contribution in [0.4, 0.5) is 13.2 Å². The van der Waals surface area contributed by atoms with Crippen LogP contribution < -0.4 is 5.73 Å². The van der Waals surface area contributed by atoms with Crippen LogP contribution in [-0.4, -0.2) is 19.3 Å². The van der Waals surface area contributed by atoms with Crippen molar-refractivity contribution in [2.24, 2.45) is 5.73 Å². The maximum atomic E-state index is 11.8. The molecule has 0 saturated carbocycles. The van der Waals surface area contributed by atoms with Crippen molar-refractivity contribution < 1.29 is 17.9 Å². The molecule has 1 heterocycles. The summed E-state index contributed by atoms with van der Waals surface area (Å²) >= 11 is 1.31. The third-order valence-electron chi connectivity index (χ3n) is 1.57. The molecule has 2 N–H and O–H groups in total. The van der Waals surface area contributed by atoms with E-state index in [2.05, 4.69) is 16.6 Å². The number of hydrogen-bond acceptors (Lipinski definition) is 3. The van der Waals surface area contributed by atoms with Gasteiger partial charge in [0.1, 0.15) is 6.61 Å². The standard InChI is InChI=1S/C10H10F3NOS/c11-10(12,13)7-15-6-9-8(2-1-4-14)3-5-16-9/h3,5H,4,6-7,14H2. The highest BCUT2D eigenvalue weighted by Gasteiger charge is 2.27. The monoisotopic (exact) mass is 249 g/mol. The van der Waals surface area contributed by atoms with Gasteiger partial charge in [0.15, 0.2) is 0 Å². The fourth-order valence-electron chi connectivity index (χ4n) is 0.969. The minimum atomic E-state index is -4.29. The van der Waals surface area contributed by atoms with Gasteiger partial charge in [0.2, 0.25) is 0 Å². The van der Waals surface area contributed by atoms with Crippen LogP contribution in [0.2, 0.25) is 0 Å². The van der Waals surface area contributed by atoms with E-state index in [0.717, 1.165) is 0 Å². The van der Waals surface area contributed by atoms with Crippen molar-refractivity contribution in [3.8, 4) is 11.8 Å². The third-order valence-corrected chi connectivity index (χ3v) is 2.46. The van der Waals surface area contributed by atoms with E-state index in [4.69, 9.17) is 5.73 Å². The molecule has 0 atom stereocenters. The van der Waals surface area contributed by atoms with Gasteiger partial charge < -0.3 is 10.5 Å². The van der Waals surface area contributed by atoms with E-state index in [1.165, 1.54) is 11.3 Å². The number of rotatable bonds is 3. The van der Waals surface area contributed by atoms with E-state index >= 15 is 0 Å². The average Bonchev–Trinajstić information content (AvgIpc) is 2.60. The van der Waals surface area contributed by atoms with Crippen molar-refractivity contribution in [1.82, 2.24) is 0 Å². The molecular weight excluding hydrogens is 239 g/mol. The molecular formula is C10H10F3NOS. The molecule has 0 unspecified atom stereocenters. The van der Waals surface area contributed by atoms with Crippen LogP contribution in [0.25, 0.3) is 0 Å². The minimum absolute atomic E-state index is 0.0776. The first kappa shape index (κ1) is 13.0. The Hall–Kier alpha value is -1.03. The summed E-state index contributed by atoms with van der Waals surface area (Å²) in [4.78, 5) is 0.685. The number of alkyl halides is 3. The molecule has 0 bridgehead atoms. The fraction of sp³-hybridized carbons (Fsp3) is 0.400. The smallest absolute Gasteiger partial charge is 0.366 e. The lowest BCUT2D eigenvalue weighted by atomic mass is 10.2. The van der Waals surface area contributed by atoms with Gasteiger partial charge in [-0.2, -0.15) is 13.2 Å². The summed E-state index contributed by atoms with van der Waals surface area (Å²) in [6.07, 6.45) is -4.29. The number of nitrogens with two attached hydrogens (primary N) is 1. The Bertz CT molecular complexity index is 389. The van der Waals surface area contributed by atoms with Crippen LogP contribution >= 0.6 is 11.3 Å². The number of thiophene rings is 1. The molecule has 0 aliphatic carbocycles. The van der Waals surface area contributed by atoms with Crippen LogP contribution in [0, 0.1) is 11.8 Å². The largest absolute Gasteiger partial charge is 0.411 e. The van der Waals surface area contributed by atoms with E-state index in [-0.39, 0.29) is 13.2 Å². The van der Waals surface area contributed by atoms with E-state index in [0.29, 0.717) is 10.4 Å². The molecule has 1 rings (SSSR count). The second-order valence-corrected chi connectivity index (χ2v) is 3.87. The average molecular weight is 249 g/mol. The summed E-state index contributed by atoms with van der Waals surface area (Å²) in [6, 6.07) is 1.74. The first-order chi connectivity index (χ1) is 7.53. The topological polar surface area (TPSA) is 35.2 Å². The number of hydrogen-bond donors (Lipinski definition) is 1. The first-order valence-electron chi connectivity index (χ1n) is 4.43. The normalized spacial score (nSPS) is 11.0. The zero-order chi connectivity index (χ0) is 12.0.